The lowest BCUT2D eigenvalue weighted by molar-refractivity contribution is 0.553. The summed E-state index contributed by atoms with van der Waals surface area (Å²) in [6, 6.07) is 0.550. The number of nitrogens with one attached hydrogen (secondary N) is 2. The lowest BCUT2D eigenvalue weighted by atomic mass is 10.3. The molecule has 0 saturated heterocycles. The fraction of sp³-hybridized carbons (Fsp3) is 0.692. The molecule has 19 heavy (non-hydrogen) atoms. The van der Waals surface area contributed by atoms with Crippen molar-refractivity contribution >= 4 is 21.4 Å². The van der Waals surface area contributed by atoms with Crippen molar-refractivity contribution in [3.8, 4) is 0 Å². The van der Waals surface area contributed by atoms with Gasteiger partial charge in [0.2, 0.25) is 10.0 Å². The standard InChI is InChI=1S/C13H22N2O2S2/c1-4-10(3)15-19(16,17)13-9(2)8-18-12(13)7-14-11-5-6-11/h8,10-11,14-15H,4-7H2,1-3H3. The zero-order valence-corrected chi connectivity index (χ0v) is 13.3. The quantitative estimate of drug-likeness (QED) is 0.813. The topological polar surface area (TPSA) is 58.2 Å². The largest absolute Gasteiger partial charge is 0.309 e. The molecule has 1 fully saturated rings. The van der Waals surface area contributed by atoms with E-state index in [1.807, 2.05) is 26.2 Å². The van der Waals surface area contributed by atoms with Gasteiger partial charge in [0.15, 0.2) is 0 Å². The van der Waals surface area contributed by atoms with Crippen molar-refractivity contribution in [1.29, 1.82) is 0 Å². The van der Waals surface area contributed by atoms with Gasteiger partial charge in [0, 0.05) is 23.5 Å². The Morgan fingerprint density at radius 3 is 2.74 bits per heavy atom. The van der Waals surface area contributed by atoms with Crippen LogP contribution in [-0.2, 0) is 16.6 Å². The van der Waals surface area contributed by atoms with Crippen LogP contribution in [0, 0.1) is 6.92 Å². The van der Waals surface area contributed by atoms with Crippen LogP contribution in [0.3, 0.4) is 0 Å². The first-order valence-corrected chi connectivity index (χ1v) is 9.13. The van der Waals surface area contributed by atoms with Crippen LogP contribution in [0.4, 0.5) is 0 Å². The van der Waals surface area contributed by atoms with Crippen molar-refractivity contribution in [3.63, 3.8) is 0 Å². The minimum Gasteiger partial charge on any atom is -0.309 e. The van der Waals surface area contributed by atoms with Crippen LogP contribution in [0.2, 0.25) is 0 Å². The normalized spacial score (nSPS) is 17.6. The predicted octanol–water partition coefficient (Wildman–Crippen LogP) is 2.39. The molecule has 1 aliphatic carbocycles. The molecular weight excluding hydrogens is 280 g/mol. The predicted molar refractivity (Wildman–Crippen MR) is 79.0 cm³/mol. The molecule has 6 heteroatoms. The van der Waals surface area contributed by atoms with Crippen LogP contribution in [0.5, 0.6) is 0 Å². The third-order valence-electron chi connectivity index (χ3n) is 3.36. The van der Waals surface area contributed by atoms with Crippen LogP contribution in [0.25, 0.3) is 0 Å². The molecule has 4 nitrogen and oxygen atoms in total. The van der Waals surface area contributed by atoms with E-state index in [0.29, 0.717) is 17.5 Å². The molecule has 1 aliphatic rings. The Morgan fingerprint density at radius 2 is 2.16 bits per heavy atom. The highest BCUT2D eigenvalue weighted by Gasteiger charge is 2.26. The van der Waals surface area contributed by atoms with E-state index < -0.39 is 10.0 Å². The van der Waals surface area contributed by atoms with Gasteiger partial charge in [-0.2, -0.15) is 0 Å². The second-order valence-electron chi connectivity index (χ2n) is 5.26. The van der Waals surface area contributed by atoms with Gasteiger partial charge in [0.25, 0.3) is 0 Å². The average molecular weight is 302 g/mol. The summed E-state index contributed by atoms with van der Waals surface area (Å²) in [4.78, 5) is 1.39. The van der Waals surface area contributed by atoms with Gasteiger partial charge < -0.3 is 5.32 Å². The molecule has 0 aromatic carbocycles. The molecule has 1 aromatic rings. The van der Waals surface area contributed by atoms with E-state index in [1.54, 1.807) is 0 Å². The number of hydrogen-bond donors (Lipinski definition) is 2. The minimum atomic E-state index is -3.40. The Hall–Kier alpha value is -0.430. The maximum atomic E-state index is 12.4. The Morgan fingerprint density at radius 1 is 1.47 bits per heavy atom. The molecule has 108 valence electrons. The molecule has 1 aromatic heterocycles. The van der Waals surface area contributed by atoms with Gasteiger partial charge in [-0.05, 0) is 44.1 Å². The van der Waals surface area contributed by atoms with Crippen LogP contribution in [-0.4, -0.2) is 20.5 Å². The van der Waals surface area contributed by atoms with E-state index in [-0.39, 0.29) is 6.04 Å². The minimum absolute atomic E-state index is 0.0338. The first-order valence-electron chi connectivity index (χ1n) is 6.76. The van der Waals surface area contributed by atoms with Crippen molar-refractivity contribution in [3.05, 3.63) is 15.8 Å². The number of rotatable bonds is 7. The summed E-state index contributed by atoms with van der Waals surface area (Å²) in [5.74, 6) is 0. The van der Waals surface area contributed by atoms with Gasteiger partial charge in [-0.25, -0.2) is 13.1 Å². The molecule has 2 rings (SSSR count). The lowest BCUT2D eigenvalue weighted by Crippen LogP contribution is -2.33. The first-order chi connectivity index (χ1) is 8.94. The molecule has 0 aliphatic heterocycles. The fourth-order valence-corrected chi connectivity index (χ4v) is 4.99. The van der Waals surface area contributed by atoms with E-state index in [9.17, 15) is 8.42 Å². The number of thiophene rings is 1. The Balaban J connectivity index is 2.18. The highest BCUT2D eigenvalue weighted by atomic mass is 32.2. The van der Waals surface area contributed by atoms with Gasteiger partial charge in [-0.15, -0.1) is 11.3 Å². The Kier molecular flexibility index (Phi) is 4.66. The summed E-state index contributed by atoms with van der Waals surface area (Å²) < 4.78 is 27.6. The molecule has 0 bridgehead atoms. The van der Waals surface area contributed by atoms with E-state index in [2.05, 4.69) is 10.0 Å². The Bertz CT molecular complexity index is 533. The smallest absolute Gasteiger partial charge is 0.242 e. The summed E-state index contributed by atoms with van der Waals surface area (Å²) in [6.45, 7) is 6.38. The molecular formula is C13H22N2O2S2. The monoisotopic (exact) mass is 302 g/mol. The third kappa shape index (κ3) is 3.78. The maximum absolute atomic E-state index is 12.4. The molecule has 1 unspecified atom stereocenters. The van der Waals surface area contributed by atoms with Crippen molar-refractivity contribution in [1.82, 2.24) is 10.0 Å². The average Bonchev–Trinajstić information content (AvgIpc) is 3.09. The molecule has 0 radical (unpaired) electrons. The van der Waals surface area contributed by atoms with Crippen molar-refractivity contribution in [2.45, 2.75) is 63.6 Å². The van der Waals surface area contributed by atoms with Gasteiger partial charge in [0.05, 0.1) is 0 Å². The van der Waals surface area contributed by atoms with Crippen LogP contribution < -0.4 is 10.0 Å². The number of hydrogen-bond acceptors (Lipinski definition) is 4. The molecule has 0 amide bonds. The Labute approximate surface area is 119 Å². The molecule has 0 spiro atoms. The summed E-state index contributed by atoms with van der Waals surface area (Å²) in [7, 11) is -3.40. The first kappa shape index (κ1) is 15.0. The highest BCUT2D eigenvalue weighted by molar-refractivity contribution is 7.89. The zero-order valence-electron chi connectivity index (χ0n) is 11.7. The number of sulfonamides is 1. The lowest BCUT2D eigenvalue weighted by Gasteiger charge is -2.13. The SMILES string of the molecule is CCC(C)NS(=O)(=O)c1c(C)csc1CNC1CC1. The summed E-state index contributed by atoms with van der Waals surface area (Å²) >= 11 is 1.53. The van der Waals surface area contributed by atoms with Crippen molar-refractivity contribution < 1.29 is 8.42 Å². The fourth-order valence-electron chi connectivity index (χ4n) is 1.90. The van der Waals surface area contributed by atoms with E-state index in [4.69, 9.17) is 0 Å². The summed E-state index contributed by atoms with van der Waals surface area (Å²) in [5.41, 5.74) is 0.841. The summed E-state index contributed by atoms with van der Waals surface area (Å²) in [6.07, 6.45) is 3.20. The molecule has 1 heterocycles. The second-order valence-corrected chi connectivity index (χ2v) is 7.87. The maximum Gasteiger partial charge on any atom is 0.242 e. The van der Waals surface area contributed by atoms with Crippen LogP contribution >= 0.6 is 11.3 Å². The molecule has 1 saturated carbocycles. The number of aryl methyl sites for hydroxylation is 1. The van der Waals surface area contributed by atoms with Gasteiger partial charge in [-0.1, -0.05) is 6.92 Å². The molecule has 2 N–H and O–H groups in total. The molecule has 1 atom stereocenters. The van der Waals surface area contributed by atoms with E-state index in [0.717, 1.165) is 16.9 Å². The van der Waals surface area contributed by atoms with E-state index in [1.165, 1.54) is 24.2 Å². The van der Waals surface area contributed by atoms with Crippen LogP contribution in [0.15, 0.2) is 10.3 Å². The third-order valence-corrected chi connectivity index (χ3v) is 6.41. The second kappa shape index (κ2) is 5.91. The van der Waals surface area contributed by atoms with Gasteiger partial charge in [0.1, 0.15) is 4.90 Å². The van der Waals surface area contributed by atoms with Crippen molar-refractivity contribution in [2.75, 3.05) is 0 Å². The van der Waals surface area contributed by atoms with Gasteiger partial charge in [-0.3, -0.25) is 0 Å². The summed E-state index contributed by atoms with van der Waals surface area (Å²) in [5, 5.41) is 5.31. The van der Waals surface area contributed by atoms with Gasteiger partial charge >= 0.3 is 0 Å². The highest BCUT2D eigenvalue weighted by Crippen LogP contribution is 2.28. The van der Waals surface area contributed by atoms with Crippen molar-refractivity contribution in [2.24, 2.45) is 0 Å². The van der Waals surface area contributed by atoms with Crippen LogP contribution in [0.1, 0.15) is 43.6 Å². The van der Waals surface area contributed by atoms with E-state index >= 15 is 0 Å². The zero-order chi connectivity index (χ0) is 14.0.